The van der Waals surface area contributed by atoms with Crippen LogP contribution in [0.2, 0.25) is 5.02 Å². The molecule has 0 aliphatic carbocycles. The number of urea groups is 1. The molecule has 0 bridgehead atoms. The normalized spacial score (nSPS) is 18.9. The van der Waals surface area contributed by atoms with Crippen LogP contribution in [0.5, 0.6) is 0 Å². The molecule has 0 fully saturated rings. The van der Waals surface area contributed by atoms with Gasteiger partial charge in [0.1, 0.15) is 11.8 Å². The minimum atomic E-state index is -0.686. The first-order chi connectivity index (χ1) is 16.3. The van der Waals surface area contributed by atoms with E-state index in [2.05, 4.69) is 10.6 Å². The molecule has 2 aliphatic heterocycles. The SMILES string of the molecule is CCN1C(=O)N[C@H](c2ccccc2Cl)C2=C1CN([C@@H](CC(C)C)C(=O)NCc1ccco1)C2=O. The highest BCUT2D eigenvalue weighted by Crippen LogP contribution is 2.39. The Labute approximate surface area is 203 Å². The third-order valence-electron chi connectivity index (χ3n) is 6.17. The Balaban J connectivity index is 1.66. The number of amides is 4. The van der Waals surface area contributed by atoms with Crippen LogP contribution in [-0.4, -0.2) is 46.8 Å². The van der Waals surface area contributed by atoms with Gasteiger partial charge in [-0.15, -0.1) is 0 Å². The van der Waals surface area contributed by atoms with Crippen LogP contribution < -0.4 is 10.6 Å². The van der Waals surface area contributed by atoms with E-state index in [0.29, 0.717) is 40.6 Å². The number of carbonyl (C=O) groups is 3. The van der Waals surface area contributed by atoms with E-state index in [1.807, 2.05) is 26.8 Å². The Bertz CT molecular complexity index is 1110. The molecule has 1 aromatic heterocycles. The van der Waals surface area contributed by atoms with E-state index in [-0.39, 0.29) is 36.9 Å². The van der Waals surface area contributed by atoms with Gasteiger partial charge in [0.05, 0.1) is 36.7 Å². The largest absolute Gasteiger partial charge is 0.467 e. The summed E-state index contributed by atoms with van der Waals surface area (Å²) in [6.07, 6.45) is 2.04. The number of halogens is 1. The highest BCUT2D eigenvalue weighted by Gasteiger charge is 2.47. The molecule has 3 heterocycles. The lowest BCUT2D eigenvalue weighted by molar-refractivity contribution is -0.137. The monoisotopic (exact) mass is 484 g/mol. The number of hydrogen-bond donors (Lipinski definition) is 2. The molecule has 180 valence electrons. The summed E-state index contributed by atoms with van der Waals surface area (Å²) in [5.41, 5.74) is 1.73. The van der Waals surface area contributed by atoms with Gasteiger partial charge in [-0.2, -0.15) is 0 Å². The summed E-state index contributed by atoms with van der Waals surface area (Å²) in [5, 5.41) is 6.29. The van der Waals surface area contributed by atoms with Crippen molar-refractivity contribution in [3.05, 3.63) is 70.3 Å². The van der Waals surface area contributed by atoms with Crippen molar-refractivity contribution in [3.8, 4) is 0 Å². The maximum Gasteiger partial charge on any atom is 0.322 e. The molecule has 1 aromatic carbocycles. The number of rotatable bonds is 8. The lowest BCUT2D eigenvalue weighted by Gasteiger charge is -2.33. The number of likely N-dealkylation sites (N-methyl/N-ethyl adjacent to an activating group) is 1. The molecule has 4 rings (SSSR count). The zero-order valence-corrected chi connectivity index (χ0v) is 20.3. The molecule has 2 aromatic rings. The zero-order valence-electron chi connectivity index (χ0n) is 19.5. The Kier molecular flexibility index (Phi) is 6.97. The van der Waals surface area contributed by atoms with Gasteiger partial charge < -0.3 is 20.0 Å². The van der Waals surface area contributed by atoms with Gasteiger partial charge in [-0.25, -0.2) is 4.79 Å². The molecular weight excluding hydrogens is 456 g/mol. The van der Waals surface area contributed by atoms with Gasteiger partial charge in [0.15, 0.2) is 0 Å². The van der Waals surface area contributed by atoms with Crippen LogP contribution in [0.3, 0.4) is 0 Å². The quantitative estimate of drug-likeness (QED) is 0.595. The van der Waals surface area contributed by atoms with Crippen molar-refractivity contribution in [2.45, 2.75) is 45.8 Å². The van der Waals surface area contributed by atoms with Crippen LogP contribution in [0, 0.1) is 5.92 Å². The highest BCUT2D eigenvalue weighted by atomic mass is 35.5. The summed E-state index contributed by atoms with van der Waals surface area (Å²) < 4.78 is 5.31. The molecule has 0 saturated heterocycles. The average Bonchev–Trinajstić information content (AvgIpc) is 3.44. The lowest BCUT2D eigenvalue weighted by Crippen LogP contribution is -2.49. The molecule has 0 unspecified atom stereocenters. The fourth-order valence-corrected chi connectivity index (χ4v) is 4.81. The van der Waals surface area contributed by atoms with Crippen molar-refractivity contribution in [3.63, 3.8) is 0 Å². The van der Waals surface area contributed by atoms with Crippen LogP contribution in [0.15, 0.2) is 58.3 Å². The number of nitrogens with one attached hydrogen (secondary N) is 2. The first-order valence-corrected chi connectivity index (χ1v) is 11.9. The van der Waals surface area contributed by atoms with Gasteiger partial charge >= 0.3 is 6.03 Å². The molecule has 2 aliphatic rings. The Hall–Kier alpha value is -3.26. The Morgan fingerprint density at radius 1 is 1.24 bits per heavy atom. The van der Waals surface area contributed by atoms with Crippen molar-refractivity contribution in [2.24, 2.45) is 5.92 Å². The second kappa shape index (κ2) is 9.93. The van der Waals surface area contributed by atoms with Gasteiger partial charge in [0.2, 0.25) is 5.91 Å². The second-order valence-electron chi connectivity index (χ2n) is 8.88. The van der Waals surface area contributed by atoms with Crippen LogP contribution >= 0.6 is 11.6 Å². The minimum absolute atomic E-state index is 0.172. The summed E-state index contributed by atoms with van der Waals surface area (Å²) >= 11 is 6.44. The summed E-state index contributed by atoms with van der Waals surface area (Å²) in [7, 11) is 0. The number of benzene rings is 1. The van der Waals surface area contributed by atoms with E-state index < -0.39 is 12.1 Å². The fraction of sp³-hybridized carbons (Fsp3) is 0.400. The molecule has 0 saturated carbocycles. The van der Waals surface area contributed by atoms with Crippen LogP contribution in [0.25, 0.3) is 0 Å². The smallest absolute Gasteiger partial charge is 0.322 e. The Morgan fingerprint density at radius 2 is 2.00 bits per heavy atom. The molecule has 2 N–H and O–H groups in total. The molecule has 2 atom stereocenters. The maximum atomic E-state index is 13.8. The standard InChI is InChI=1S/C25H29ClN4O4/c1-4-29-20-14-30(19(12-15(2)3)23(31)27-13-16-8-7-11-34-16)24(32)21(20)22(28-25(29)33)17-9-5-6-10-18(17)26/h5-11,15,19,22H,4,12-14H2,1-3H3,(H,27,31)(H,28,33)/t19-,22+/m0/s1. The molecule has 9 heteroatoms. The second-order valence-corrected chi connectivity index (χ2v) is 9.29. The van der Waals surface area contributed by atoms with Gasteiger partial charge in [-0.1, -0.05) is 43.6 Å². The van der Waals surface area contributed by atoms with Crippen molar-refractivity contribution < 1.29 is 18.8 Å². The third-order valence-corrected chi connectivity index (χ3v) is 6.52. The van der Waals surface area contributed by atoms with E-state index in [9.17, 15) is 14.4 Å². The number of carbonyl (C=O) groups excluding carboxylic acids is 3. The first kappa shape index (κ1) is 23.9. The maximum absolute atomic E-state index is 13.8. The van der Waals surface area contributed by atoms with E-state index in [0.717, 1.165) is 0 Å². The molecule has 0 spiro atoms. The predicted octanol–water partition coefficient (Wildman–Crippen LogP) is 3.85. The first-order valence-electron chi connectivity index (χ1n) is 11.5. The van der Waals surface area contributed by atoms with Crippen LogP contribution in [0.4, 0.5) is 4.79 Å². The van der Waals surface area contributed by atoms with E-state index in [1.165, 1.54) is 0 Å². The lowest BCUT2D eigenvalue weighted by atomic mass is 9.95. The zero-order chi connectivity index (χ0) is 24.4. The topological polar surface area (TPSA) is 94.9 Å². The minimum Gasteiger partial charge on any atom is -0.467 e. The number of hydrogen-bond acceptors (Lipinski definition) is 4. The number of nitrogens with zero attached hydrogens (tertiary/aromatic N) is 2. The van der Waals surface area contributed by atoms with Crippen LogP contribution in [0.1, 0.15) is 44.6 Å². The average molecular weight is 485 g/mol. The summed E-state index contributed by atoms with van der Waals surface area (Å²) in [5.74, 6) is 0.283. The van der Waals surface area contributed by atoms with Crippen molar-refractivity contribution in [1.29, 1.82) is 0 Å². The van der Waals surface area contributed by atoms with E-state index in [4.69, 9.17) is 16.0 Å². The van der Waals surface area contributed by atoms with Crippen molar-refractivity contribution >= 4 is 29.4 Å². The summed E-state index contributed by atoms with van der Waals surface area (Å²) in [4.78, 5) is 43.1. The molecule has 34 heavy (non-hydrogen) atoms. The van der Waals surface area contributed by atoms with E-state index >= 15 is 0 Å². The van der Waals surface area contributed by atoms with Gasteiger partial charge in [0, 0.05) is 11.6 Å². The highest BCUT2D eigenvalue weighted by molar-refractivity contribution is 6.31. The molecule has 4 amide bonds. The van der Waals surface area contributed by atoms with Gasteiger partial charge in [-0.3, -0.25) is 14.5 Å². The van der Waals surface area contributed by atoms with E-state index in [1.54, 1.807) is 46.4 Å². The van der Waals surface area contributed by atoms with Crippen LogP contribution in [-0.2, 0) is 16.1 Å². The van der Waals surface area contributed by atoms with Gasteiger partial charge in [-0.05, 0) is 43.0 Å². The summed E-state index contributed by atoms with van der Waals surface area (Å²) in [6.45, 7) is 6.70. The fourth-order valence-electron chi connectivity index (χ4n) is 4.57. The van der Waals surface area contributed by atoms with Gasteiger partial charge in [0.25, 0.3) is 5.91 Å². The Morgan fingerprint density at radius 3 is 2.65 bits per heavy atom. The molecule has 8 nitrogen and oxygen atoms in total. The third kappa shape index (κ3) is 4.55. The predicted molar refractivity (Wildman–Crippen MR) is 128 cm³/mol. The number of furan rings is 1. The molecule has 0 radical (unpaired) electrons. The van der Waals surface area contributed by atoms with Crippen molar-refractivity contribution in [2.75, 3.05) is 13.1 Å². The summed E-state index contributed by atoms with van der Waals surface area (Å²) in [6, 6.07) is 9.04. The van der Waals surface area contributed by atoms with Crippen molar-refractivity contribution in [1.82, 2.24) is 20.4 Å². The molecular formula is C25H29ClN4O4.